The van der Waals surface area contributed by atoms with E-state index in [2.05, 4.69) is 22.2 Å². The van der Waals surface area contributed by atoms with Crippen molar-refractivity contribution >= 4 is 17.5 Å². The van der Waals surface area contributed by atoms with Gasteiger partial charge in [0.2, 0.25) is 5.91 Å². The molecule has 4 saturated carbocycles. The number of anilines is 1. The third kappa shape index (κ3) is 3.31. The Balaban J connectivity index is 1.28. The van der Waals surface area contributed by atoms with E-state index in [1.54, 1.807) is 0 Å². The van der Waals surface area contributed by atoms with Crippen molar-refractivity contribution in [2.75, 3.05) is 11.9 Å². The Morgan fingerprint density at radius 1 is 1.00 bits per heavy atom. The molecule has 0 aliphatic heterocycles. The highest BCUT2D eigenvalue weighted by Gasteiger charge is 2.54. The molecule has 4 fully saturated rings. The minimum absolute atomic E-state index is 0.0245. The first-order chi connectivity index (χ1) is 12.4. The first kappa shape index (κ1) is 17.4. The van der Waals surface area contributed by atoms with Gasteiger partial charge in [0.1, 0.15) is 0 Å². The molecule has 0 radical (unpaired) electrons. The van der Waals surface area contributed by atoms with Gasteiger partial charge in [-0.3, -0.25) is 20.4 Å². The fourth-order valence-corrected chi connectivity index (χ4v) is 5.88. The zero-order valence-corrected chi connectivity index (χ0v) is 15.7. The summed E-state index contributed by atoms with van der Waals surface area (Å²) in [6, 6.07) is 6.07. The van der Waals surface area contributed by atoms with Gasteiger partial charge in [0.15, 0.2) is 0 Å². The van der Waals surface area contributed by atoms with E-state index < -0.39 is 0 Å². The van der Waals surface area contributed by atoms with Crippen LogP contribution in [-0.2, 0) is 9.59 Å². The van der Waals surface area contributed by atoms with Gasteiger partial charge in [0.25, 0.3) is 5.91 Å². The summed E-state index contributed by atoms with van der Waals surface area (Å²) >= 11 is 0. The van der Waals surface area contributed by atoms with Gasteiger partial charge < -0.3 is 5.32 Å². The number of nitrogens with one attached hydrogen (secondary N) is 3. The van der Waals surface area contributed by atoms with Gasteiger partial charge in [0, 0.05) is 5.69 Å². The standard InChI is InChI=1S/C21H29N3O2/c1-13-3-4-18(14(2)5-13)22-12-19(25)23-24-20(26)21-9-15-6-16(10-21)8-17(7-15)11-21/h3-5,15-17,22H,6-12H2,1-2H3,(H,23,25)(H,24,26). The first-order valence-corrected chi connectivity index (χ1v) is 9.84. The lowest BCUT2D eigenvalue weighted by Crippen LogP contribution is -2.57. The summed E-state index contributed by atoms with van der Waals surface area (Å²) in [5.41, 5.74) is 8.34. The number of aryl methyl sites for hydroxylation is 2. The third-order valence-corrected chi connectivity index (χ3v) is 6.66. The number of rotatable bonds is 4. The Labute approximate surface area is 155 Å². The molecule has 0 heterocycles. The maximum Gasteiger partial charge on any atom is 0.257 e. The highest BCUT2D eigenvalue weighted by atomic mass is 16.2. The zero-order valence-electron chi connectivity index (χ0n) is 15.7. The van der Waals surface area contributed by atoms with Crippen molar-refractivity contribution in [1.82, 2.24) is 10.9 Å². The molecule has 5 nitrogen and oxygen atoms in total. The lowest BCUT2D eigenvalue weighted by Gasteiger charge is -2.55. The van der Waals surface area contributed by atoms with E-state index in [1.807, 2.05) is 26.0 Å². The minimum Gasteiger partial charge on any atom is -0.376 e. The van der Waals surface area contributed by atoms with Gasteiger partial charge in [-0.15, -0.1) is 0 Å². The normalized spacial score (nSPS) is 31.5. The average molecular weight is 355 g/mol. The van der Waals surface area contributed by atoms with Crippen LogP contribution in [0.4, 0.5) is 5.69 Å². The van der Waals surface area contributed by atoms with Crippen LogP contribution in [0, 0.1) is 37.0 Å². The number of amides is 2. The summed E-state index contributed by atoms with van der Waals surface area (Å²) in [7, 11) is 0. The van der Waals surface area contributed by atoms with Crippen LogP contribution in [-0.4, -0.2) is 18.4 Å². The van der Waals surface area contributed by atoms with Crippen molar-refractivity contribution in [2.45, 2.75) is 52.4 Å². The molecule has 0 atom stereocenters. The highest BCUT2D eigenvalue weighted by Crippen LogP contribution is 2.59. The summed E-state index contributed by atoms with van der Waals surface area (Å²) in [5, 5.41) is 3.14. The molecule has 0 saturated heterocycles. The van der Waals surface area contributed by atoms with Gasteiger partial charge in [-0.1, -0.05) is 17.7 Å². The minimum atomic E-state index is -0.233. The molecule has 3 N–H and O–H groups in total. The summed E-state index contributed by atoms with van der Waals surface area (Å²) in [4.78, 5) is 25.0. The largest absolute Gasteiger partial charge is 0.376 e. The van der Waals surface area contributed by atoms with Crippen LogP contribution < -0.4 is 16.2 Å². The zero-order chi connectivity index (χ0) is 18.3. The molecular weight excluding hydrogens is 326 g/mol. The van der Waals surface area contributed by atoms with Crippen LogP contribution in [0.5, 0.6) is 0 Å². The number of hydrogen-bond acceptors (Lipinski definition) is 3. The second-order valence-electron chi connectivity index (χ2n) is 8.87. The van der Waals surface area contributed by atoms with Gasteiger partial charge in [-0.05, 0) is 81.8 Å². The number of benzene rings is 1. The summed E-state index contributed by atoms with van der Waals surface area (Å²) in [6.45, 7) is 4.20. The SMILES string of the molecule is Cc1ccc(NCC(=O)NNC(=O)C23CC4CC(CC(C4)C2)C3)c(C)c1. The topological polar surface area (TPSA) is 70.2 Å². The van der Waals surface area contributed by atoms with E-state index in [0.29, 0.717) is 17.8 Å². The molecule has 5 rings (SSSR count). The highest BCUT2D eigenvalue weighted by molar-refractivity contribution is 5.87. The van der Waals surface area contributed by atoms with Crippen LogP contribution in [0.15, 0.2) is 18.2 Å². The van der Waals surface area contributed by atoms with Crippen molar-refractivity contribution in [3.05, 3.63) is 29.3 Å². The molecule has 5 heteroatoms. The average Bonchev–Trinajstić information content (AvgIpc) is 2.57. The molecule has 0 unspecified atom stereocenters. The third-order valence-electron chi connectivity index (χ3n) is 6.66. The van der Waals surface area contributed by atoms with Crippen molar-refractivity contribution in [1.29, 1.82) is 0 Å². The van der Waals surface area contributed by atoms with E-state index in [9.17, 15) is 9.59 Å². The number of hydrazine groups is 1. The van der Waals surface area contributed by atoms with E-state index >= 15 is 0 Å². The summed E-state index contributed by atoms with van der Waals surface area (Å²) < 4.78 is 0. The number of hydrogen-bond donors (Lipinski definition) is 3. The predicted octanol–water partition coefficient (Wildman–Crippen LogP) is 3.08. The molecule has 1 aromatic carbocycles. The lowest BCUT2D eigenvalue weighted by molar-refractivity contribution is -0.148. The molecule has 2 amide bonds. The quantitative estimate of drug-likeness (QED) is 0.727. The van der Waals surface area contributed by atoms with Crippen LogP contribution in [0.2, 0.25) is 0 Å². The summed E-state index contributed by atoms with van der Waals surface area (Å²) in [6.07, 6.45) is 6.92. The van der Waals surface area contributed by atoms with E-state index in [1.165, 1.54) is 24.8 Å². The van der Waals surface area contributed by atoms with Crippen LogP contribution in [0.25, 0.3) is 0 Å². The predicted molar refractivity (Wildman–Crippen MR) is 101 cm³/mol. The fourth-order valence-electron chi connectivity index (χ4n) is 5.88. The second-order valence-corrected chi connectivity index (χ2v) is 8.87. The molecule has 4 aliphatic carbocycles. The van der Waals surface area contributed by atoms with Crippen molar-refractivity contribution in [2.24, 2.45) is 23.2 Å². The maximum atomic E-state index is 12.8. The second kappa shape index (κ2) is 6.60. The van der Waals surface area contributed by atoms with Crippen LogP contribution in [0.3, 0.4) is 0 Å². The van der Waals surface area contributed by atoms with Crippen LogP contribution in [0.1, 0.15) is 49.7 Å². The Bertz CT molecular complexity index is 693. The number of carbonyl (C=O) groups excluding carboxylic acids is 2. The van der Waals surface area contributed by atoms with E-state index in [4.69, 9.17) is 0 Å². The fraction of sp³-hybridized carbons (Fsp3) is 0.619. The Morgan fingerprint density at radius 3 is 2.19 bits per heavy atom. The summed E-state index contributed by atoms with van der Waals surface area (Å²) in [5.74, 6) is 1.95. The molecular formula is C21H29N3O2. The first-order valence-electron chi connectivity index (χ1n) is 9.84. The molecule has 0 aromatic heterocycles. The molecule has 140 valence electrons. The Kier molecular flexibility index (Phi) is 4.41. The monoisotopic (exact) mass is 355 g/mol. The van der Waals surface area contributed by atoms with Gasteiger partial charge in [-0.25, -0.2) is 0 Å². The van der Waals surface area contributed by atoms with Gasteiger partial charge in [-0.2, -0.15) is 0 Å². The molecule has 4 aliphatic rings. The maximum absolute atomic E-state index is 12.8. The molecule has 0 spiro atoms. The molecule has 26 heavy (non-hydrogen) atoms. The van der Waals surface area contributed by atoms with Crippen LogP contribution >= 0.6 is 0 Å². The lowest BCUT2D eigenvalue weighted by atomic mass is 9.49. The van der Waals surface area contributed by atoms with E-state index in [0.717, 1.165) is 30.5 Å². The van der Waals surface area contributed by atoms with Crippen molar-refractivity contribution < 1.29 is 9.59 Å². The van der Waals surface area contributed by atoms with E-state index in [-0.39, 0.29) is 23.8 Å². The Hall–Kier alpha value is -2.04. The number of carbonyl (C=O) groups is 2. The van der Waals surface area contributed by atoms with Gasteiger partial charge in [0.05, 0.1) is 12.0 Å². The smallest absolute Gasteiger partial charge is 0.257 e. The van der Waals surface area contributed by atoms with Crippen molar-refractivity contribution in [3.8, 4) is 0 Å². The molecule has 4 bridgehead atoms. The molecule has 1 aromatic rings. The van der Waals surface area contributed by atoms with Gasteiger partial charge >= 0.3 is 0 Å². The Morgan fingerprint density at radius 2 is 1.62 bits per heavy atom. The van der Waals surface area contributed by atoms with Crippen molar-refractivity contribution in [3.63, 3.8) is 0 Å².